The number of alkyl halides is 3. The molecular formula is C11H7ClF3N. The van der Waals surface area contributed by atoms with E-state index in [2.05, 4.69) is 0 Å². The number of aromatic nitrogens is 1. The molecule has 0 saturated heterocycles. The summed E-state index contributed by atoms with van der Waals surface area (Å²) in [5, 5.41) is 0.282. The number of hydrogen-bond donors (Lipinski definition) is 0. The molecular weight excluding hydrogens is 239 g/mol. The summed E-state index contributed by atoms with van der Waals surface area (Å²) in [6.45, 7) is 0. The summed E-state index contributed by atoms with van der Waals surface area (Å²) in [5.74, 6) is 0. The van der Waals surface area contributed by atoms with Gasteiger partial charge in [0.2, 0.25) is 0 Å². The first-order valence-electron chi connectivity index (χ1n) is 4.49. The molecule has 0 fully saturated rings. The summed E-state index contributed by atoms with van der Waals surface area (Å²) in [7, 11) is 0. The molecule has 16 heavy (non-hydrogen) atoms. The highest BCUT2D eigenvalue weighted by atomic mass is 35.5. The summed E-state index contributed by atoms with van der Waals surface area (Å²) in [6.07, 6.45) is -3.05. The highest BCUT2D eigenvalue weighted by Gasteiger charge is 2.34. The minimum atomic E-state index is -4.39. The lowest BCUT2D eigenvalue weighted by Gasteiger charge is -2.12. The van der Waals surface area contributed by atoms with Gasteiger partial charge in [-0.3, -0.25) is 0 Å². The summed E-state index contributed by atoms with van der Waals surface area (Å²) in [4.78, 5) is 0. The van der Waals surface area contributed by atoms with Crippen LogP contribution in [0, 0.1) is 0 Å². The van der Waals surface area contributed by atoms with Gasteiger partial charge in [0.05, 0.1) is 10.7 Å². The number of hydrogen-bond acceptors (Lipinski definition) is 0. The zero-order valence-electron chi connectivity index (χ0n) is 8.00. The Morgan fingerprint density at radius 3 is 2.31 bits per heavy atom. The van der Waals surface area contributed by atoms with Crippen LogP contribution in [0.25, 0.3) is 5.69 Å². The van der Waals surface area contributed by atoms with Gasteiger partial charge < -0.3 is 4.57 Å². The maximum absolute atomic E-state index is 12.6. The van der Waals surface area contributed by atoms with E-state index in [1.165, 1.54) is 18.3 Å². The number of benzene rings is 1. The van der Waals surface area contributed by atoms with Gasteiger partial charge >= 0.3 is 6.18 Å². The van der Waals surface area contributed by atoms with Crippen LogP contribution in [-0.4, -0.2) is 4.57 Å². The molecule has 0 aliphatic carbocycles. The first-order chi connectivity index (χ1) is 7.50. The third kappa shape index (κ3) is 1.93. The molecule has 5 heteroatoms. The lowest BCUT2D eigenvalue weighted by Crippen LogP contribution is -2.11. The van der Waals surface area contributed by atoms with Gasteiger partial charge in [0, 0.05) is 6.20 Å². The zero-order chi connectivity index (χ0) is 11.8. The average molecular weight is 246 g/mol. The summed E-state index contributed by atoms with van der Waals surface area (Å²) in [5.41, 5.74) is -0.415. The van der Waals surface area contributed by atoms with Crippen molar-refractivity contribution in [1.82, 2.24) is 4.57 Å². The largest absolute Gasteiger partial charge is 0.431 e. The van der Waals surface area contributed by atoms with Gasteiger partial charge in [-0.05, 0) is 24.3 Å². The van der Waals surface area contributed by atoms with Gasteiger partial charge in [0.15, 0.2) is 0 Å². The van der Waals surface area contributed by atoms with E-state index in [1.807, 2.05) is 0 Å². The minimum Gasteiger partial charge on any atom is -0.311 e. The van der Waals surface area contributed by atoms with Crippen molar-refractivity contribution in [3.8, 4) is 5.69 Å². The molecule has 1 aromatic heterocycles. The Bertz CT molecular complexity index is 502. The van der Waals surface area contributed by atoms with Crippen molar-refractivity contribution >= 4 is 11.6 Å². The molecule has 1 heterocycles. The van der Waals surface area contributed by atoms with Gasteiger partial charge in [-0.1, -0.05) is 23.7 Å². The SMILES string of the molecule is FC(F)(F)c1cccn1-c1ccccc1Cl. The molecule has 2 rings (SSSR count). The molecule has 0 aliphatic heterocycles. The maximum atomic E-state index is 12.6. The van der Waals surface area contributed by atoms with Crippen molar-refractivity contribution in [3.63, 3.8) is 0 Å². The van der Waals surface area contributed by atoms with Crippen molar-refractivity contribution < 1.29 is 13.2 Å². The molecule has 2 aromatic rings. The van der Waals surface area contributed by atoms with Crippen LogP contribution in [0.1, 0.15) is 5.69 Å². The van der Waals surface area contributed by atoms with E-state index in [-0.39, 0.29) is 5.02 Å². The molecule has 0 spiro atoms. The standard InChI is InChI=1S/C11H7ClF3N/c12-8-4-1-2-5-9(8)16-7-3-6-10(16)11(13,14)15/h1-7H. The summed E-state index contributed by atoms with van der Waals surface area (Å²) >= 11 is 5.85. The van der Waals surface area contributed by atoms with E-state index in [1.54, 1.807) is 18.2 Å². The highest BCUT2D eigenvalue weighted by Crippen LogP contribution is 2.32. The van der Waals surface area contributed by atoms with Crippen LogP contribution in [0.3, 0.4) is 0 Å². The Morgan fingerprint density at radius 1 is 1.00 bits per heavy atom. The van der Waals surface area contributed by atoms with E-state index < -0.39 is 11.9 Å². The van der Waals surface area contributed by atoms with Crippen LogP contribution in [0.2, 0.25) is 5.02 Å². The fourth-order valence-corrected chi connectivity index (χ4v) is 1.70. The molecule has 0 atom stereocenters. The first-order valence-corrected chi connectivity index (χ1v) is 4.87. The van der Waals surface area contributed by atoms with Gasteiger partial charge in [-0.25, -0.2) is 0 Å². The Labute approximate surface area is 95.1 Å². The molecule has 0 saturated carbocycles. The Morgan fingerprint density at radius 2 is 1.69 bits per heavy atom. The highest BCUT2D eigenvalue weighted by molar-refractivity contribution is 6.32. The lowest BCUT2D eigenvalue weighted by molar-refractivity contribution is -0.142. The van der Waals surface area contributed by atoms with Crippen LogP contribution in [0.5, 0.6) is 0 Å². The van der Waals surface area contributed by atoms with E-state index in [9.17, 15) is 13.2 Å². The second kappa shape index (κ2) is 3.87. The number of rotatable bonds is 1. The molecule has 0 bridgehead atoms. The Hall–Kier alpha value is -1.42. The molecule has 0 unspecified atom stereocenters. The summed E-state index contributed by atoms with van der Waals surface area (Å²) < 4.78 is 38.9. The monoisotopic (exact) mass is 245 g/mol. The molecule has 1 nitrogen and oxygen atoms in total. The topological polar surface area (TPSA) is 4.93 Å². The molecule has 0 radical (unpaired) electrons. The second-order valence-corrected chi connectivity index (χ2v) is 3.62. The quantitative estimate of drug-likeness (QED) is 0.711. The molecule has 0 aliphatic rings. The van der Waals surface area contributed by atoms with Crippen LogP contribution < -0.4 is 0 Å². The van der Waals surface area contributed by atoms with Crippen LogP contribution in [0.15, 0.2) is 42.6 Å². The number of nitrogens with zero attached hydrogens (tertiary/aromatic N) is 1. The predicted octanol–water partition coefficient (Wildman–Crippen LogP) is 4.15. The third-order valence-electron chi connectivity index (χ3n) is 2.15. The van der Waals surface area contributed by atoms with Crippen molar-refractivity contribution in [1.29, 1.82) is 0 Å². The first kappa shape index (κ1) is 11.1. The fraction of sp³-hybridized carbons (Fsp3) is 0.0909. The third-order valence-corrected chi connectivity index (χ3v) is 2.47. The zero-order valence-corrected chi connectivity index (χ0v) is 8.76. The van der Waals surface area contributed by atoms with Crippen molar-refractivity contribution in [3.05, 3.63) is 53.3 Å². The van der Waals surface area contributed by atoms with Crippen LogP contribution in [-0.2, 0) is 6.18 Å². The second-order valence-electron chi connectivity index (χ2n) is 3.21. The van der Waals surface area contributed by atoms with E-state index in [0.717, 1.165) is 10.6 Å². The van der Waals surface area contributed by atoms with Crippen molar-refractivity contribution in [2.75, 3.05) is 0 Å². The lowest BCUT2D eigenvalue weighted by atomic mass is 10.3. The van der Waals surface area contributed by atoms with Crippen LogP contribution in [0.4, 0.5) is 13.2 Å². The minimum absolute atomic E-state index is 0.282. The Kier molecular flexibility index (Phi) is 2.68. The van der Waals surface area contributed by atoms with Gasteiger partial charge in [0.1, 0.15) is 5.69 Å². The van der Waals surface area contributed by atoms with Crippen molar-refractivity contribution in [2.45, 2.75) is 6.18 Å². The molecule has 1 aromatic carbocycles. The number of para-hydroxylation sites is 1. The van der Waals surface area contributed by atoms with Gasteiger partial charge in [0.25, 0.3) is 0 Å². The smallest absolute Gasteiger partial charge is 0.311 e. The van der Waals surface area contributed by atoms with Crippen molar-refractivity contribution in [2.24, 2.45) is 0 Å². The normalized spacial score (nSPS) is 11.8. The van der Waals surface area contributed by atoms with Gasteiger partial charge in [-0.2, -0.15) is 13.2 Å². The maximum Gasteiger partial charge on any atom is 0.431 e. The predicted molar refractivity (Wildman–Crippen MR) is 55.8 cm³/mol. The van der Waals surface area contributed by atoms with E-state index in [0.29, 0.717) is 5.69 Å². The molecule has 0 amide bonds. The Balaban J connectivity index is 2.58. The molecule has 0 N–H and O–H groups in total. The fourth-order valence-electron chi connectivity index (χ4n) is 1.47. The van der Waals surface area contributed by atoms with Crippen LogP contribution >= 0.6 is 11.6 Å². The summed E-state index contributed by atoms with van der Waals surface area (Å²) in [6, 6.07) is 8.76. The molecule has 84 valence electrons. The average Bonchev–Trinajstić information content (AvgIpc) is 2.66. The number of halogens is 4. The van der Waals surface area contributed by atoms with E-state index >= 15 is 0 Å². The van der Waals surface area contributed by atoms with Gasteiger partial charge in [-0.15, -0.1) is 0 Å². The van der Waals surface area contributed by atoms with E-state index in [4.69, 9.17) is 11.6 Å².